The van der Waals surface area contributed by atoms with E-state index in [4.69, 9.17) is 20.3 Å². The van der Waals surface area contributed by atoms with Gasteiger partial charge >= 0.3 is 6.61 Å². The zero-order chi connectivity index (χ0) is 27.4. The summed E-state index contributed by atoms with van der Waals surface area (Å²) in [6, 6.07) is 8.43. The van der Waals surface area contributed by atoms with E-state index in [-0.39, 0.29) is 29.0 Å². The molecule has 2 atom stereocenters. The third-order valence-corrected chi connectivity index (χ3v) is 9.10. The van der Waals surface area contributed by atoms with Crippen LogP contribution < -0.4 is 10.5 Å². The summed E-state index contributed by atoms with van der Waals surface area (Å²) in [5, 5.41) is 4.83. The number of rotatable bonds is 4. The number of hydrogen-bond donors (Lipinski definition) is 1. The van der Waals surface area contributed by atoms with Crippen molar-refractivity contribution in [3.8, 4) is 16.9 Å². The van der Waals surface area contributed by atoms with Crippen molar-refractivity contribution >= 4 is 11.4 Å². The van der Waals surface area contributed by atoms with E-state index in [1.807, 2.05) is 18.3 Å². The van der Waals surface area contributed by atoms with Crippen LogP contribution in [0.4, 0.5) is 8.78 Å². The number of hydrogen-bond acceptors (Lipinski definition) is 7. The molecule has 2 unspecified atom stereocenters. The fourth-order valence-corrected chi connectivity index (χ4v) is 7.32. The molecule has 1 amide bonds. The molecule has 1 aromatic carbocycles. The average molecular weight is 545 g/mol. The lowest BCUT2D eigenvalue weighted by Gasteiger charge is -2.57. The average Bonchev–Trinajstić information content (AvgIpc) is 3.43. The predicted molar refractivity (Wildman–Crippen MR) is 139 cm³/mol. The van der Waals surface area contributed by atoms with Crippen LogP contribution in [0.1, 0.15) is 64.2 Å². The summed E-state index contributed by atoms with van der Waals surface area (Å²) in [5.41, 5.74) is 11.4. The first-order valence-electron chi connectivity index (χ1n) is 13.3. The van der Waals surface area contributed by atoms with Crippen LogP contribution in [0.25, 0.3) is 16.6 Å². The quantitative estimate of drug-likeness (QED) is 0.414. The summed E-state index contributed by atoms with van der Waals surface area (Å²) in [6.07, 6.45) is 7.64. The fourth-order valence-electron chi connectivity index (χ4n) is 7.32. The third kappa shape index (κ3) is 3.24. The molecule has 2 bridgehead atoms. The van der Waals surface area contributed by atoms with Crippen LogP contribution in [-0.4, -0.2) is 57.3 Å². The molecule has 1 spiro atoms. The second-order valence-electron chi connectivity index (χ2n) is 11.7. The number of alkyl halides is 2. The second-order valence-corrected chi connectivity index (χ2v) is 11.7. The Bertz CT molecular complexity index is 1690. The van der Waals surface area contributed by atoms with Crippen LogP contribution >= 0.6 is 0 Å². The molecule has 3 aromatic heterocycles. The van der Waals surface area contributed by atoms with Crippen molar-refractivity contribution in [2.75, 3.05) is 20.3 Å². The van der Waals surface area contributed by atoms with Gasteiger partial charge in [0.25, 0.3) is 5.91 Å². The van der Waals surface area contributed by atoms with Crippen molar-refractivity contribution in [1.29, 1.82) is 0 Å². The van der Waals surface area contributed by atoms with Crippen molar-refractivity contribution in [2.45, 2.75) is 43.4 Å². The first-order valence-corrected chi connectivity index (χ1v) is 13.3. The number of amides is 1. The number of carbonyl (C=O) groups is 1. The summed E-state index contributed by atoms with van der Waals surface area (Å²) in [4.78, 5) is 24.2. The fraction of sp³-hybridized carbons (Fsp3) is 0.379. The predicted octanol–water partition coefficient (Wildman–Crippen LogP) is 4.02. The zero-order valence-corrected chi connectivity index (χ0v) is 21.7. The van der Waals surface area contributed by atoms with Gasteiger partial charge in [0.1, 0.15) is 11.6 Å². The normalized spacial score (nSPS) is 23.5. The monoisotopic (exact) mass is 544 g/mol. The molecular formula is C29H26F2N6O3. The molecule has 9 nitrogen and oxygen atoms in total. The van der Waals surface area contributed by atoms with Crippen molar-refractivity contribution < 1.29 is 23.0 Å². The van der Waals surface area contributed by atoms with E-state index in [2.05, 4.69) is 9.97 Å². The summed E-state index contributed by atoms with van der Waals surface area (Å²) in [7, 11) is 1.73. The van der Waals surface area contributed by atoms with E-state index in [0.29, 0.717) is 23.4 Å². The topological polar surface area (TPSA) is 108 Å². The van der Waals surface area contributed by atoms with Gasteiger partial charge in [0, 0.05) is 59.2 Å². The molecule has 2 aliphatic carbocycles. The van der Waals surface area contributed by atoms with Crippen molar-refractivity contribution in [3.63, 3.8) is 0 Å². The van der Waals surface area contributed by atoms with E-state index in [0.717, 1.165) is 54.0 Å². The highest BCUT2D eigenvalue weighted by molar-refractivity contribution is 5.98. The molecule has 40 heavy (non-hydrogen) atoms. The van der Waals surface area contributed by atoms with Gasteiger partial charge in [0.15, 0.2) is 0 Å². The van der Waals surface area contributed by atoms with E-state index < -0.39 is 12.2 Å². The number of ether oxygens (including phenoxy) is 2. The van der Waals surface area contributed by atoms with Gasteiger partial charge in [-0.15, -0.1) is 0 Å². The van der Waals surface area contributed by atoms with Crippen LogP contribution in [0.2, 0.25) is 0 Å². The number of aromatic nitrogens is 4. The lowest BCUT2D eigenvalue weighted by molar-refractivity contribution is -0.189. The standard InChI is InChI=1S/C29H26F2N6O3/c1-36-20-8-18(22-17(25(36)38)3-2-4-21(22)40-27(30)31)23-19-7-15(5-6-37(19)35-24(20)23)16-9-33-26(34-10-16)29(32)11-28(12-29)13-39-14-28/h2-7,9-10,18,20,27H,8,11-14,32H2,1H3. The molecule has 0 radical (unpaired) electrons. The lowest BCUT2D eigenvalue weighted by Crippen LogP contribution is -2.64. The van der Waals surface area contributed by atoms with Gasteiger partial charge in [-0.2, -0.15) is 13.9 Å². The highest BCUT2D eigenvalue weighted by atomic mass is 19.3. The largest absolute Gasteiger partial charge is 0.434 e. The number of carbonyl (C=O) groups excluding carboxylic acids is 1. The van der Waals surface area contributed by atoms with E-state index >= 15 is 0 Å². The van der Waals surface area contributed by atoms with Crippen LogP contribution in [0.5, 0.6) is 5.75 Å². The van der Waals surface area contributed by atoms with E-state index in [1.165, 1.54) is 6.07 Å². The number of benzene rings is 1. The smallest absolute Gasteiger partial charge is 0.387 e. The molecule has 4 aromatic rings. The third-order valence-electron chi connectivity index (χ3n) is 9.10. The van der Waals surface area contributed by atoms with Crippen molar-refractivity contribution in [2.24, 2.45) is 11.1 Å². The minimum Gasteiger partial charge on any atom is -0.434 e. The van der Waals surface area contributed by atoms with Crippen molar-refractivity contribution in [1.82, 2.24) is 24.5 Å². The Balaban J connectivity index is 1.20. The number of nitrogens with zero attached hydrogens (tertiary/aromatic N) is 5. The second kappa shape index (κ2) is 8.05. The first-order chi connectivity index (χ1) is 19.3. The summed E-state index contributed by atoms with van der Waals surface area (Å²) in [5.74, 6) is 0.0988. The molecule has 8 rings (SSSR count). The van der Waals surface area contributed by atoms with Gasteiger partial charge in [-0.25, -0.2) is 14.5 Å². The SMILES string of the molecule is CN1C(=O)c2cccc(OC(F)F)c2C2CC1c1nn3ccc(-c4cnc(C5(N)CC6(COC6)C5)nc4)cc3c12. The van der Waals surface area contributed by atoms with Gasteiger partial charge < -0.3 is 20.1 Å². The Kier molecular flexibility index (Phi) is 4.80. The Hall–Kier alpha value is -3.96. The minimum atomic E-state index is -3.00. The molecule has 4 aliphatic rings. The van der Waals surface area contributed by atoms with Gasteiger partial charge in [-0.1, -0.05) is 6.07 Å². The van der Waals surface area contributed by atoms with Gasteiger partial charge in [0.2, 0.25) is 0 Å². The Morgan fingerprint density at radius 3 is 2.60 bits per heavy atom. The molecule has 5 heterocycles. The first kappa shape index (κ1) is 23.9. The van der Waals surface area contributed by atoms with E-state index in [1.54, 1.807) is 41.0 Å². The molecule has 1 saturated heterocycles. The highest BCUT2D eigenvalue weighted by Crippen LogP contribution is 2.56. The highest BCUT2D eigenvalue weighted by Gasteiger charge is 2.58. The Labute approximate surface area is 227 Å². The molecule has 11 heteroatoms. The lowest BCUT2D eigenvalue weighted by atomic mass is 9.56. The van der Waals surface area contributed by atoms with Gasteiger partial charge in [0.05, 0.1) is 36.0 Å². The Morgan fingerprint density at radius 1 is 1.12 bits per heavy atom. The molecular weight excluding hydrogens is 518 g/mol. The van der Waals surface area contributed by atoms with Crippen LogP contribution in [0, 0.1) is 5.41 Å². The molecule has 2 aliphatic heterocycles. The summed E-state index contributed by atoms with van der Waals surface area (Å²) in [6.45, 7) is -1.49. The Morgan fingerprint density at radius 2 is 1.90 bits per heavy atom. The van der Waals surface area contributed by atoms with Gasteiger partial charge in [-0.3, -0.25) is 4.79 Å². The summed E-state index contributed by atoms with van der Waals surface area (Å²) >= 11 is 0. The number of halogens is 2. The molecule has 2 fully saturated rings. The number of fused-ring (bicyclic) bond motifs is 9. The maximum absolute atomic E-state index is 13.4. The maximum Gasteiger partial charge on any atom is 0.387 e. The van der Waals surface area contributed by atoms with Crippen LogP contribution in [0.15, 0.2) is 48.9 Å². The zero-order valence-electron chi connectivity index (χ0n) is 21.7. The summed E-state index contributed by atoms with van der Waals surface area (Å²) < 4.78 is 38.8. The van der Waals surface area contributed by atoms with Crippen molar-refractivity contribution in [3.05, 3.63) is 77.1 Å². The number of pyridine rings is 1. The van der Waals surface area contributed by atoms with Crippen LogP contribution in [-0.2, 0) is 10.3 Å². The van der Waals surface area contributed by atoms with Gasteiger partial charge in [-0.05, 0) is 49.1 Å². The molecule has 2 N–H and O–H groups in total. The van der Waals surface area contributed by atoms with E-state index in [9.17, 15) is 13.6 Å². The van der Waals surface area contributed by atoms with Crippen LogP contribution in [0.3, 0.4) is 0 Å². The minimum absolute atomic E-state index is 0.0224. The molecule has 204 valence electrons. The maximum atomic E-state index is 13.4. The number of nitrogens with two attached hydrogens (primary N) is 1. The molecule has 1 saturated carbocycles.